The van der Waals surface area contributed by atoms with Gasteiger partial charge in [0.2, 0.25) is 11.8 Å². The minimum atomic E-state index is -0.681. The number of piperidine rings is 1. The van der Waals surface area contributed by atoms with Gasteiger partial charge in [-0.25, -0.2) is 0 Å². The van der Waals surface area contributed by atoms with Crippen molar-refractivity contribution in [3.05, 3.63) is 34.9 Å². The minimum absolute atomic E-state index is 0.193. The zero-order valence-corrected chi connectivity index (χ0v) is 13.5. The average molecular weight is 347 g/mol. The molecule has 0 bridgehead atoms. The number of hydrogen-bond acceptors (Lipinski definition) is 4. The Balaban J connectivity index is 1.74. The van der Waals surface area contributed by atoms with Crippen LogP contribution >= 0.6 is 0 Å². The Morgan fingerprint density at radius 3 is 2.84 bits per heavy atom. The van der Waals surface area contributed by atoms with Gasteiger partial charge in [0, 0.05) is 30.6 Å². The molecule has 0 aliphatic carbocycles. The summed E-state index contributed by atoms with van der Waals surface area (Å²) in [6.45, 7) is -0.0420. The summed E-state index contributed by atoms with van der Waals surface area (Å²) < 4.78 is 12.1. The summed E-state index contributed by atoms with van der Waals surface area (Å²) >= 11 is 0. The second-order valence-electron chi connectivity index (χ2n) is 6.07. The number of carbonyl (C=O) groups is 4. The number of rotatable bonds is 5. The molecule has 2 aliphatic rings. The van der Waals surface area contributed by atoms with Crippen LogP contribution in [0.1, 0.15) is 45.5 Å². The van der Waals surface area contributed by atoms with Crippen molar-refractivity contribution in [1.29, 1.82) is 0 Å². The monoisotopic (exact) mass is 347 g/mol. The van der Waals surface area contributed by atoms with Crippen LogP contribution in [0.25, 0.3) is 0 Å². The number of amides is 4. The first-order valence-corrected chi connectivity index (χ1v) is 8.13. The van der Waals surface area contributed by atoms with Crippen molar-refractivity contribution >= 4 is 23.6 Å². The molecule has 3 rings (SSSR count). The lowest BCUT2D eigenvalue weighted by Gasteiger charge is -2.29. The summed E-state index contributed by atoms with van der Waals surface area (Å²) in [5.74, 6) is -1.42. The standard InChI is InChI=1S/C17H18FN3O4/c18-6-1-7-19-15(23)10-2-3-12-11(8-10)9-21(17(12)25)13-4-5-14(22)20-16(13)24/h2-3,8,13H,1,4-7,9H2,(H,19,23)(H,20,22,24). The number of imide groups is 1. The van der Waals surface area contributed by atoms with Crippen LogP contribution in [0.2, 0.25) is 0 Å². The average Bonchev–Trinajstić information content (AvgIpc) is 2.91. The van der Waals surface area contributed by atoms with E-state index in [1.54, 1.807) is 12.1 Å². The largest absolute Gasteiger partial charge is 0.352 e. The van der Waals surface area contributed by atoms with Crippen molar-refractivity contribution in [2.45, 2.75) is 31.8 Å². The Bertz CT molecular complexity index is 749. The molecule has 0 radical (unpaired) electrons. The quantitative estimate of drug-likeness (QED) is 0.600. The predicted octanol–water partition coefficient (Wildman–Crippen LogP) is 0.537. The van der Waals surface area contributed by atoms with E-state index in [4.69, 9.17) is 0 Å². The molecule has 1 fully saturated rings. The van der Waals surface area contributed by atoms with Gasteiger partial charge in [0.25, 0.3) is 11.8 Å². The van der Waals surface area contributed by atoms with Crippen molar-refractivity contribution in [3.8, 4) is 0 Å². The third-order valence-corrected chi connectivity index (χ3v) is 4.38. The van der Waals surface area contributed by atoms with Crippen LogP contribution in [0.5, 0.6) is 0 Å². The highest BCUT2D eigenvalue weighted by Crippen LogP contribution is 2.28. The maximum absolute atomic E-state index is 12.5. The number of fused-ring (bicyclic) bond motifs is 1. The summed E-state index contributed by atoms with van der Waals surface area (Å²) in [7, 11) is 0. The van der Waals surface area contributed by atoms with Gasteiger partial charge in [-0.15, -0.1) is 0 Å². The molecule has 132 valence electrons. The molecule has 2 aliphatic heterocycles. The second kappa shape index (κ2) is 7.00. The fourth-order valence-corrected chi connectivity index (χ4v) is 3.09. The summed E-state index contributed by atoms with van der Waals surface area (Å²) in [5.41, 5.74) is 1.49. The van der Waals surface area contributed by atoms with Crippen molar-refractivity contribution in [2.75, 3.05) is 13.2 Å². The Morgan fingerprint density at radius 1 is 1.32 bits per heavy atom. The first-order valence-electron chi connectivity index (χ1n) is 8.13. The number of nitrogens with one attached hydrogen (secondary N) is 2. The molecular weight excluding hydrogens is 329 g/mol. The summed E-state index contributed by atoms with van der Waals surface area (Å²) in [6.07, 6.45) is 0.734. The molecule has 4 amide bonds. The van der Waals surface area contributed by atoms with Crippen LogP contribution in [-0.2, 0) is 16.1 Å². The van der Waals surface area contributed by atoms with Crippen LogP contribution < -0.4 is 10.6 Å². The van der Waals surface area contributed by atoms with Crippen molar-refractivity contribution < 1.29 is 23.6 Å². The van der Waals surface area contributed by atoms with Gasteiger partial charge in [-0.1, -0.05) is 0 Å². The van der Waals surface area contributed by atoms with Gasteiger partial charge >= 0.3 is 0 Å². The van der Waals surface area contributed by atoms with Gasteiger partial charge < -0.3 is 10.2 Å². The van der Waals surface area contributed by atoms with Crippen LogP contribution in [0, 0.1) is 0 Å². The summed E-state index contributed by atoms with van der Waals surface area (Å²) in [5, 5.41) is 4.86. The molecule has 1 aromatic carbocycles. The number of nitrogens with zero attached hydrogens (tertiary/aromatic N) is 1. The van der Waals surface area contributed by atoms with E-state index in [0.29, 0.717) is 23.1 Å². The lowest BCUT2D eigenvalue weighted by molar-refractivity contribution is -0.136. The lowest BCUT2D eigenvalue weighted by Crippen LogP contribution is -2.52. The van der Waals surface area contributed by atoms with Crippen LogP contribution in [0.3, 0.4) is 0 Å². The van der Waals surface area contributed by atoms with Crippen LogP contribution in [0.4, 0.5) is 4.39 Å². The number of alkyl halides is 1. The zero-order chi connectivity index (χ0) is 18.0. The summed E-state index contributed by atoms with van der Waals surface area (Å²) in [4.78, 5) is 49.2. The number of carbonyl (C=O) groups excluding carboxylic acids is 4. The van der Waals surface area contributed by atoms with E-state index >= 15 is 0 Å². The second-order valence-corrected chi connectivity index (χ2v) is 6.07. The molecule has 0 spiro atoms. The van der Waals surface area contributed by atoms with E-state index in [1.807, 2.05) is 0 Å². The highest BCUT2D eigenvalue weighted by atomic mass is 19.1. The van der Waals surface area contributed by atoms with Crippen LogP contribution in [-0.4, -0.2) is 47.8 Å². The van der Waals surface area contributed by atoms with Crippen LogP contribution in [0.15, 0.2) is 18.2 Å². The fourth-order valence-electron chi connectivity index (χ4n) is 3.09. The predicted molar refractivity (Wildman–Crippen MR) is 85.4 cm³/mol. The molecule has 1 atom stereocenters. The molecular formula is C17H18FN3O4. The molecule has 0 aromatic heterocycles. The normalized spacial score (nSPS) is 19.6. The topological polar surface area (TPSA) is 95.6 Å². The maximum Gasteiger partial charge on any atom is 0.255 e. The van der Waals surface area contributed by atoms with E-state index in [1.165, 1.54) is 11.0 Å². The van der Waals surface area contributed by atoms with Crippen molar-refractivity contribution in [2.24, 2.45) is 0 Å². The number of hydrogen-bond donors (Lipinski definition) is 2. The van der Waals surface area contributed by atoms with E-state index < -0.39 is 18.6 Å². The lowest BCUT2D eigenvalue weighted by atomic mass is 10.0. The first-order chi connectivity index (χ1) is 12.0. The molecule has 1 aromatic rings. The van der Waals surface area contributed by atoms with Gasteiger partial charge in [0.15, 0.2) is 0 Å². The molecule has 25 heavy (non-hydrogen) atoms. The maximum atomic E-state index is 12.5. The Labute approximate surface area is 143 Å². The highest BCUT2D eigenvalue weighted by molar-refractivity contribution is 6.06. The van der Waals surface area contributed by atoms with Crippen molar-refractivity contribution in [1.82, 2.24) is 15.5 Å². The van der Waals surface area contributed by atoms with Crippen molar-refractivity contribution in [3.63, 3.8) is 0 Å². The molecule has 2 heterocycles. The molecule has 1 unspecified atom stereocenters. The first kappa shape index (κ1) is 17.1. The number of halogens is 1. The fraction of sp³-hybridized carbons (Fsp3) is 0.412. The molecule has 8 heteroatoms. The minimum Gasteiger partial charge on any atom is -0.352 e. The van der Waals surface area contributed by atoms with E-state index in [0.717, 1.165) is 0 Å². The highest BCUT2D eigenvalue weighted by Gasteiger charge is 2.39. The van der Waals surface area contributed by atoms with Gasteiger partial charge in [0.1, 0.15) is 6.04 Å². The van der Waals surface area contributed by atoms with Gasteiger partial charge in [-0.05, 0) is 36.6 Å². The Kier molecular flexibility index (Phi) is 4.78. The van der Waals surface area contributed by atoms with Gasteiger partial charge in [-0.3, -0.25) is 28.9 Å². The number of benzene rings is 1. The zero-order valence-electron chi connectivity index (χ0n) is 13.5. The van der Waals surface area contributed by atoms with Gasteiger partial charge in [0.05, 0.1) is 6.67 Å². The molecule has 1 saturated heterocycles. The van der Waals surface area contributed by atoms with E-state index in [-0.39, 0.29) is 43.7 Å². The SMILES string of the molecule is O=C1CCC(N2Cc3cc(C(=O)NCCCF)ccc3C2=O)C(=O)N1. The Morgan fingerprint density at radius 2 is 2.12 bits per heavy atom. The molecule has 0 saturated carbocycles. The molecule has 7 nitrogen and oxygen atoms in total. The van der Waals surface area contributed by atoms with Gasteiger partial charge in [-0.2, -0.15) is 0 Å². The smallest absolute Gasteiger partial charge is 0.255 e. The molecule has 2 N–H and O–H groups in total. The Hall–Kier alpha value is -2.77. The summed E-state index contributed by atoms with van der Waals surface area (Å²) in [6, 6.07) is 4.03. The van der Waals surface area contributed by atoms with E-state index in [2.05, 4.69) is 10.6 Å². The third kappa shape index (κ3) is 3.38. The third-order valence-electron chi connectivity index (χ3n) is 4.38. The van der Waals surface area contributed by atoms with E-state index in [9.17, 15) is 23.6 Å².